The van der Waals surface area contributed by atoms with Crippen LogP contribution in [0.15, 0.2) is 18.2 Å². The van der Waals surface area contributed by atoms with Crippen molar-refractivity contribution < 1.29 is 23.8 Å². The van der Waals surface area contributed by atoms with E-state index in [0.717, 1.165) is 25.9 Å². The SMILES string of the molecule is CCOC(=O)C(=O)c1ccc(OC2CCN(C)CC2)c(OC)c1. The number of rotatable bonds is 6. The summed E-state index contributed by atoms with van der Waals surface area (Å²) >= 11 is 0. The number of carbonyl (C=O) groups is 2. The first-order valence-corrected chi connectivity index (χ1v) is 7.79. The van der Waals surface area contributed by atoms with Gasteiger partial charge >= 0.3 is 5.97 Å². The summed E-state index contributed by atoms with van der Waals surface area (Å²) in [6.07, 6.45) is 2.03. The third-order valence-electron chi connectivity index (χ3n) is 3.85. The largest absolute Gasteiger partial charge is 0.493 e. The molecule has 6 nitrogen and oxygen atoms in total. The van der Waals surface area contributed by atoms with Crippen LogP contribution >= 0.6 is 0 Å². The molecule has 0 saturated carbocycles. The number of hydrogen-bond donors (Lipinski definition) is 0. The molecule has 0 amide bonds. The molecule has 0 aromatic heterocycles. The fraction of sp³-hybridized carbons (Fsp3) is 0.529. The third kappa shape index (κ3) is 4.45. The lowest BCUT2D eigenvalue weighted by Gasteiger charge is -2.29. The number of Topliss-reactive ketones (excluding diaryl/α,β-unsaturated/α-hetero) is 1. The minimum absolute atomic E-state index is 0.131. The van der Waals surface area contributed by atoms with Gasteiger partial charge in [-0.1, -0.05) is 0 Å². The molecule has 0 bridgehead atoms. The molecule has 1 aliphatic heterocycles. The Morgan fingerprint density at radius 2 is 1.91 bits per heavy atom. The van der Waals surface area contributed by atoms with Gasteiger partial charge in [-0.2, -0.15) is 0 Å². The molecule has 0 atom stereocenters. The third-order valence-corrected chi connectivity index (χ3v) is 3.85. The van der Waals surface area contributed by atoms with Gasteiger partial charge in [0, 0.05) is 18.7 Å². The summed E-state index contributed by atoms with van der Waals surface area (Å²) in [6, 6.07) is 4.75. The van der Waals surface area contributed by atoms with Gasteiger partial charge in [-0.25, -0.2) is 4.79 Å². The van der Waals surface area contributed by atoms with E-state index < -0.39 is 11.8 Å². The van der Waals surface area contributed by atoms with Crippen molar-refractivity contribution >= 4 is 11.8 Å². The number of hydrogen-bond acceptors (Lipinski definition) is 6. The second kappa shape index (κ2) is 7.97. The highest BCUT2D eigenvalue weighted by Gasteiger charge is 2.22. The molecule has 1 aromatic rings. The van der Waals surface area contributed by atoms with Crippen LogP contribution in [0.25, 0.3) is 0 Å². The molecular weight excluding hydrogens is 298 g/mol. The summed E-state index contributed by atoms with van der Waals surface area (Å²) in [4.78, 5) is 25.8. The van der Waals surface area contributed by atoms with Crippen LogP contribution in [0.5, 0.6) is 11.5 Å². The Morgan fingerprint density at radius 3 is 2.52 bits per heavy atom. The van der Waals surface area contributed by atoms with Gasteiger partial charge < -0.3 is 19.1 Å². The first-order valence-electron chi connectivity index (χ1n) is 7.79. The Hall–Kier alpha value is -2.08. The van der Waals surface area contributed by atoms with Gasteiger partial charge in [0.2, 0.25) is 0 Å². The minimum Gasteiger partial charge on any atom is -0.493 e. The zero-order chi connectivity index (χ0) is 16.8. The van der Waals surface area contributed by atoms with Gasteiger partial charge in [0.15, 0.2) is 11.5 Å². The van der Waals surface area contributed by atoms with Crippen molar-refractivity contribution in [1.29, 1.82) is 0 Å². The van der Waals surface area contributed by atoms with Crippen molar-refractivity contribution in [2.45, 2.75) is 25.9 Å². The van der Waals surface area contributed by atoms with Gasteiger partial charge in [0.05, 0.1) is 13.7 Å². The number of methoxy groups -OCH3 is 1. The second-order valence-electron chi connectivity index (χ2n) is 5.54. The molecule has 1 aliphatic rings. The first-order chi connectivity index (χ1) is 11.0. The van der Waals surface area contributed by atoms with E-state index >= 15 is 0 Å². The number of ether oxygens (including phenoxy) is 3. The van der Waals surface area contributed by atoms with Gasteiger partial charge in [0.25, 0.3) is 5.78 Å². The Labute approximate surface area is 136 Å². The topological polar surface area (TPSA) is 65.1 Å². The normalized spacial score (nSPS) is 16.0. The summed E-state index contributed by atoms with van der Waals surface area (Å²) in [5.74, 6) is -0.518. The maximum Gasteiger partial charge on any atom is 0.379 e. The molecule has 0 unspecified atom stereocenters. The molecule has 0 spiro atoms. The predicted octanol–water partition coefficient (Wildman–Crippen LogP) is 1.91. The van der Waals surface area contributed by atoms with Crippen LogP contribution in [0, 0.1) is 0 Å². The maximum absolute atomic E-state index is 12.0. The van der Waals surface area contributed by atoms with E-state index in [2.05, 4.69) is 11.9 Å². The van der Waals surface area contributed by atoms with Gasteiger partial charge in [-0.3, -0.25) is 4.79 Å². The summed E-state index contributed by atoms with van der Waals surface area (Å²) in [6.45, 7) is 3.81. The average Bonchev–Trinajstić information content (AvgIpc) is 2.56. The van der Waals surface area contributed by atoms with E-state index in [1.54, 1.807) is 19.1 Å². The van der Waals surface area contributed by atoms with Gasteiger partial charge in [-0.05, 0) is 45.0 Å². The van der Waals surface area contributed by atoms with Crippen molar-refractivity contribution in [3.05, 3.63) is 23.8 Å². The monoisotopic (exact) mass is 321 g/mol. The fourth-order valence-corrected chi connectivity index (χ4v) is 2.50. The second-order valence-corrected chi connectivity index (χ2v) is 5.54. The van der Waals surface area contributed by atoms with E-state index in [4.69, 9.17) is 14.2 Å². The molecule has 1 aromatic carbocycles. The zero-order valence-corrected chi connectivity index (χ0v) is 13.8. The number of benzene rings is 1. The molecular formula is C17H23NO5. The van der Waals surface area contributed by atoms with Crippen molar-refractivity contribution in [2.75, 3.05) is 33.9 Å². The molecule has 1 heterocycles. The van der Waals surface area contributed by atoms with Crippen LogP contribution in [0.2, 0.25) is 0 Å². The van der Waals surface area contributed by atoms with Crippen molar-refractivity contribution in [3.8, 4) is 11.5 Å². The van der Waals surface area contributed by atoms with E-state index in [1.807, 2.05) is 0 Å². The number of nitrogens with zero attached hydrogens (tertiary/aromatic N) is 1. The van der Waals surface area contributed by atoms with Crippen LogP contribution in [-0.4, -0.2) is 56.6 Å². The summed E-state index contributed by atoms with van der Waals surface area (Å²) in [5, 5.41) is 0. The number of ketones is 1. The van der Waals surface area contributed by atoms with E-state index in [1.165, 1.54) is 13.2 Å². The minimum atomic E-state index is -0.862. The lowest BCUT2D eigenvalue weighted by Crippen LogP contribution is -2.35. The Kier molecular flexibility index (Phi) is 5.98. The van der Waals surface area contributed by atoms with Crippen LogP contribution in [-0.2, 0) is 9.53 Å². The standard InChI is InChI=1S/C17H23NO5/c1-4-22-17(20)16(19)12-5-6-14(15(11-12)21-3)23-13-7-9-18(2)10-8-13/h5-6,11,13H,4,7-10H2,1-3H3. The molecule has 126 valence electrons. The summed E-state index contributed by atoms with van der Waals surface area (Å²) in [5.41, 5.74) is 0.232. The average molecular weight is 321 g/mol. The van der Waals surface area contributed by atoms with Crippen LogP contribution < -0.4 is 9.47 Å². The number of carbonyl (C=O) groups excluding carboxylic acids is 2. The molecule has 2 rings (SSSR count). The molecule has 0 N–H and O–H groups in total. The highest BCUT2D eigenvalue weighted by molar-refractivity contribution is 6.40. The van der Waals surface area contributed by atoms with E-state index in [0.29, 0.717) is 11.5 Å². The Morgan fingerprint density at radius 1 is 1.22 bits per heavy atom. The quantitative estimate of drug-likeness (QED) is 0.453. The van der Waals surface area contributed by atoms with Crippen molar-refractivity contribution in [2.24, 2.45) is 0 Å². The fourth-order valence-electron chi connectivity index (χ4n) is 2.50. The molecule has 23 heavy (non-hydrogen) atoms. The van der Waals surface area contributed by atoms with E-state index in [-0.39, 0.29) is 18.3 Å². The number of likely N-dealkylation sites (tertiary alicyclic amines) is 1. The van der Waals surface area contributed by atoms with Crippen LogP contribution in [0.4, 0.5) is 0 Å². The molecule has 1 saturated heterocycles. The lowest BCUT2D eigenvalue weighted by molar-refractivity contribution is -0.137. The molecule has 6 heteroatoms. The summed E-state index contributed by atoms with van der Waals surface area (Å²) in [7, 11) is 3.60. The molecule has 0 aliphatic carbocycles. The van der Waals surface area contributed by atoms with Crippen LogP contribution in [0.3, 0.4) is 0 Å². The summed E-state index contributed by atoms with van der Waals surface area (Å²) < 4.78 is 16.0. The highest BCUT2D eigenvalue weighted by Crippen LogP contribution is 2.30. The molecule has 1 fully saturated rings. The smallest absolute Gasteiger partial charge is 0.379 e. The predicted molar refractivity (Wildman–Crippen MR) is 85.1 cm³/mol. The Bertz CT molecular complexity index is 564. The van der Waals surface area contributed by atoms with Crippen LogP contribution in [0.1, 0.15) is 30.1 Å². The number of esters is 1. The Balaban J connectivity index is 2.10. The highest BCUT2D eigenvalue weighted by atomic mass is 16.5. The lowest BCUT2D eigenvalue weighted by atomic mass is 10.1. The number of piperidine rings is 1. The zero-order valence-electron chi connectivity index (χ0n) is 13.8. The first kappa shape index (κ1) is 17.3. The van der Waals surface area contributed by atoms with Gasteiger partial charge in [0.1, 0.15) is 6.10 Å². The maximum atomic E-state index is 12.0. The van der Waals surface area contributed by atoms with Crippen molar-refractivity contribution in [3.63, 3.8) is 0 Å². The van der Waals surface area contributed by atoms with Crippen molar-refractivity contribution in [1.82, 2.24) is 4.90 Å². The van der Waals surface area contributed by atoms with Gasteiger partial charge in [-0.15, -0.1) is 0 Å². The molecule has 0 radical (unpaired) electrons. The van der Waals surface area contributed by atoms with E-state index in [9.17, 15) is 9.59 Å².